The summed E-state index contributed by atoms with van der Waals surface area (Å²) < 4.78 is 0. The molecule has 0 radical (unpaired) electrons. The summed E-state index contributed by atoms with van der Waals surface area (Å²) in [5, 5.41) is 12.6. The van der Waals surface area contributed by atoms with Crippen molar-refractivity contribution in [2.75, 3.05) is 0 Å². The van der Waals surface area contributed by atoms with Crippen molar-refractivity contribution in [3.05, 3.63) is 194 Å². The van der Waals surface area contributed by atoms with Crippen LogP contribution in [0.4, 0.5) is 0 Å². The Morgan fingerprint density at radius 2 is 0.700 bits per heavy atom. The van der Waals surface area contributed by atoms with Crippen molar-refractivity contribution in [3.8, 4) is 44.5 Å². The first kappa shape index (κ1) is 28.5. The molecule has 10 aromatic rings. The van der Waals surface area contributed by atoms with Crippen LogP contribution in [-0.4, -0.2) is 0 Å². The Kier molecular flexibility index (Phi) is 6.60. The van der Waals surface area contributed by atoms with Gasteiger partial charge in [0.1, 0.15) is 0 Å². The van der Waals surface area contributed by atoms with E-state index in [1.165, 1.54) is 98.4 Å². The summed E-state index contributed by atoms with van der Waals surface area (Å²) in [6, 6.07) is 71.4. The second-order valence-electron chi connectivity index (χ2n) is 13.2. The average Bonchev–Trinajstić information content (AvgIpc) is 3.19. The summed E-state index contributed by atoms with van der Waals surface area (Å²) in [6.45, 7) is 0. The minimum absolute atomic E-state index is 1.22. The molecule has 10 aromatic carbocycles. The smallest absolute Gasteiger partial charge is 0.00203 e. The maximum Gasteiger partial charge on any atom is -0.00203 e. The number of benzene rings is 10. The molecule has 0 unspecified atom stereocenters. The van der Waals surface area contributed by atoms with E-state index in [0.717, 1.165) is 0 Å². The van der Waals surface area contributed by atoms with Crippen molar-refractivity contribution >= 4 is 53.9 Å². The molecule has 0 fully saturated rings. The summed E-state index contributed by atoms with van der Waals surface area (Å²) >= 11 is 0. The van der Waals surface area contributed by atoms with Crippen LogP contribution in [0.1, 0.15) is 0 Å². The molecule has 50 heavy (non-hydrogen) atoms. The van der Waals surface area contributed by atoms with Gasteiger partial charge in [-0.2, -0.15) is 0 Å². The van der Waals surface area contributed by atoms with Crippen LogP contribution in [0.5, 0.6) is 0 Å². The Morgan fingerprint density at radius 1 is 0.220 bits per heavy atom. The molecule has 0 saturated carbocycles. The summed E-state index contributed by atoms with van der Waals surface area (Å²) in [5.41, 5.74) is 9.96. The van der Waals surface area contributed by atoms with Gasteiger partial charge in [-0.05, 0) is 111 Å². The highest BCUT2D eigenvalue weighted by Gasteiger charge is 2.18. The van der Waals surface area contributed by atoms with Gasteiger partial charge >= 0.3 is 0 Å². The standard InChI is InChI=1S/C50H32/c1-2-14-38-31-39(30-25-33(38)11-1)44-21-9-17-40-32-48-46(45-22-8-16-35-13-4-6-19-43(35)45)23-10-24-47(48)49(50(40)44)37-28-26-36(27-29-37)42-20-7-15-34-12-3-5-18-41(34)42/h1-32H. The fraction of sp³-hybridized carbons (Fsp3) is 0. The van der Waals surface area contributed by atoms with Crippen molar-refractivity contribution in [1.82, 2.24) is 0 Å². The molecule has 0 aromatic heterocycles. The van der Waals surface area contributed by atoms with Crippen molar-refractivity contribution in [2.45, 2.75) is 0 Å². The van der Waals surface area contributed by atoms with Crippen LogP contribution in [0, 0.1) is 0 Å². The van der Waals surface area contributed by atoms with Gasteiger partial charge in [-0.15, -0.1) is 0 Å². The average molecular weight is 633 g/mol. The summed E-state index contributed by atoms with van der Waals surface area (Å²) in [5.74, 6) is 0. The van der Waals surface area contributed by atoms with Crippen molar-refractivity contribution < 1.29 is 0 Å². The van der Waals surface area contributed by atoms with E-state index in [0.29, 0.717) is 0 Å². The van der Waals surface area contributed by atoms with E-state index in [-0.39, 0.29) is 0 Å². The van der Waals surface area contributed by atoms with Gasteiger partial charge in [0.2, 0.25) is 0 Å². The number of fused-ring (bicyclic) bond motifs is 5. The number of hydrogen-bond donors (Lipinski definition) is 0. The number of rotatable bonds is 4. The zero-order valence-corrected chi connectivity index (χ0v) is 27.5. The molecule has 0 N–H and O–H groups in total. The molecule has 0 bridgehead atoms. The van der Waals surface area contributed by atoms with Gasteiger partial charge < -0.3 is 0 Å². The zero-order valence-electron chi connectivity index (χ0n) is 27.5. The molecule has 0 amide bonds. The van der Waals surface area contributed by atoms with Gasteiger partial charge in [0, 0.05) is 0 Å². The Hall–Kier alpha value is -6.50. The van der Waals surface area contributed by atoms with E-state index in [9.17, 15) is 0 Å². The molecule has 0 spiro atoms. The molecule has 0 aliphatic rings. The quantitative estimate of drug-likeness (QED) is 0.169. The normalized spacial score (nSPS) is 11.6. The molecule has 10 rings (SSSR count). The Balaban J connectivity index is 1.27. The van der Waals surface area contributed by atoms with Crippen molar-refractivity contribution in [1.29, 1.82) is 0 Å². The van der Waals surface area contributed by atoms with Gasteiger partial charge in [-0.25, -0.2) is 0 Å². The molecule has 0 heterocycles. The topological polar surface area (TPSA) is 0 Å². The van der Waals surface area contributed by atoms with E-state index < -0.39 is 0 Å². The van der Waals surface area contributed by atoms with Crippen LogP contribution < -0.4 is 0 Å². The Bertz CT molecular complexity index is 2900. The first-order chi connectivity index (χ1) is 24.8. The lowest BCUT2D eigenvalue weighted by molar-refractivity contribution is 1.63. The van der Waals surface area contributed by atoms with E-state index in [2.05, 4.69) is 194 Å². The Labute approximate surface area is 291 Å². The van der Waals surface area contributed by atoms with E-state index in [1.807, 2.05) is 0 Å². The van der Waals surface area contributed by atoms with Gasteiger partial charge in [-0.3, -0.25) is 0 Å². The van der Waals surface area contributed by atoms with Crippen molar-refractivity contribution in [2.24, 2.45) is 0 Å². The fourth-order valence-corrected chi connectivity index (χ4v) is 8.08. The third kappa shape index (κ3) is 4.61. The van der Waals surface area contributed by atoms with Crippen LogP contribution in [0.3, 0.4) is 0 Å². The van der Waals surface area contributed by atoms with Gasteiger partial charge in [-0.1, -0.05) is 182 Å². The van der Waals surface area contributed by atoms with Crippen LogP contribution in [-0.2, 0) is 0 Å². The summed E-state index contributed by atoms with van der Waals surface area (Å²) in [6.07, 6.45) is 0. The molecule has 0 atom stereocenters. The number of hydrogen-bond acceptors (Lipinski definition) is 0. The highest BCUT2D eigenvalue weighted by atomic mass is 14.2. The minimum atomic E-state index is 1.22. The lowest BCUT2D eigenvalue weighted by Gasteiger charge is -2.19. The third-order valence-corrected chi connectivity index (χ3v) is 10.4. The minimum Gasteiger partial charge on any atom is -0.0616 e. The van der Waals surface area contributed by atoms with Crippen LogP contribution in [0.25, 0.3) is 98.4 Å². The molecule has 232 valence electrons. The second-order valence-corrected chi connectivity index (χ2v) is 13.2. The summed E-state index contributed by atoms with van der Waals surface area (Å²) in [7, 11) is 0. The SMILES string of the molecule is c1ccc2cc(-c3cccc4cc5c(-c6cccc7ccccc67)cccc5c(-c5ccc(-c6cccc7ccccc67)cc5)c34)ccc2c1. The van der Waals surface area contributed by atoms with Crippen LogP contribution in [0.2, 0.25) is 0 Å². The maximum absolute atomic E-state index is 2.42. The van der Waals surface area contributed by atoms with Crippen LogP contribution in [0.15, 0.2) is 194 Å². The van der Waals surface area contributed by atoms with Gasteiger partial charge in [0.15, 0.2) is 0 Å². The largest absolute Gasteiger partial charge is 0.0616 e. The van der Waals surface area contributed by atoms with E-state index in [4.69, 9.17) is 0 Å². The van der Waals surface area contributed by atoms with Gasteiger partial charge in [0.25, 0.3) is 0 Å². The highest BCUT2D eigenvalue weighted by Crippen LogP contribution is 2.45. The summed E-state index contributed by atoms with van der Waals surface area (Å²) in [4.78, 5) is 0. The highest BCUT2D eigenvalue weighted by molar-refractivity contribution is 6.21. The predicted molar refractivity (Wildman–Crippen MR) is 216 cm³/mol. The van der Waals surface area contributed by atoms with E-state index in [1.54, 1.807) is 0 Å². The second kappa shape index (κ2) is 11.6. The van der Waals surface area contributed by atoms with Crippen molar-refractivity contribution in [3.63, 3.8) is 0 Å². The molecule has 0 aliphatic heterocycles. The first-order valence-electron chi connectivity index (χ1n) is 17.3. The molecular formula is C50H32. The molecular weight excluding hydrogens is 601 g/mol. The first-order valence-corrected chi connectivity index (χ1v) is 17.3. The van der Waals surface area contributed by atoms with E-state index >= 15 is 0 Å². The maximum atomic E-state index is 2.42. The van der Waals surface area contributed by atoms with Crippen LogP contribution >= 0.6 is 0 Å². The predicted octanol–water partition coefficient (Wildman–Crippen LogP) is 14.1. The third-order valence-electron chi connectivity index (χ3n) is 10.4. The Morgan fingerprint density at radius 3 is 1.44 bits per heavy atom. The molecule has 0 heteroatoms. The molecule has 0 aliphatic carbocycles. The lowest BCUT2D eigenvalue weighted by Crippen LogP contribution is -1.92. The molecule has 0 saturated heterocycles. The molecule has 0 nitrogen and oxygen atoms in total. The fourth-order valence-electron chi connectivity index (χ4n) is 8.08. The lowest BCUT2D eigenvalue weighted by atomic mass is 9.84. The van der Waals surface area contributed by atoms with Gasteiger partial charge in [0.05, 0.1) is 0 Å². The zero-order chi connectivity index (χ0) is 33.0. The monoisotopic (exact) mass is 632 g/mol.